The molecule has 44 heavy (non-hydrogen) atoms. The first-order valence-electron chi connectivity index (χ1n) is 13.0. The normalized spacial score (nSPS) is 14.5. The maximum absolute atomic E-state index is 13.7. The number of hydrogen-bond donors (Lipinski definition) is 4. The van der Waals surface area contributed by atoms with Crippen molar-refractivity contribution in [3.8, 4) is 5.82 Å². The predicted molar refractivity (Wildman–Crippen MR) is 152 cm³/mol. The highest BCUT2D eigenvalue weighted by Crippen LogP contribution is 2.36. The summed E-state index contributed by atoms with van der Waals surface area (Å²) in [6.07, 6.45) is -2.56. The number of nitrogens with one attached hydrogen (secondary N) is 3. The van der Waals surface area contributed by atoms with Gasteiger partial charge >= 0.3 is 12.1 Å². The highest BCUT2D eigenvalue weighted by molar-refractivity contribution is 9.10. The van der Waals surface area contributed by atoms with Crippen molar-refractivity contribution in [2.45, 2.75) is 51.4 Å². The molecule has 234 valence electrons. The molecule has 0 saturated heterocycles. The second-order valence-corrected chi connectivity index (χ2v) is 11.3. The predicted octanol–water partition coefficient (Wildman–Crippen LogP) is 5.38. The number of carbonyl (C=O) groups is 2. The Morgan fingerprint density at radius 1 is 1.23 bits per heavy atom. The maximum Gasteiger partial charge on any atom is 0.461 e. The second kappa shape index (κ2) is 13.0. The number of carbonyl (C=O) groups excluding carboxylic acids is 2. The lowest BCUT2D eigenvalue weighted by Gasteiger charge is -2.18. The summed E-state index contributed by atoms with van der Waals surface area (Å²) < 4.78 is 65.5. The summed E-state index contributed by atoms with van der Waals surface area (Å²) in [5.74, 6) is -8.42. The van der Waals surface area contributed by atoms with Crippen LogP contribution < -0.4 is 16.1 Å². The van der Waals surface area contributed by atoms with E-state index in [1.54, 1.807) is 25.1 Å². The van der Waals surface area contributed by atoms with Crippen LogP contribution in [0.5, 0.6) is 0 Å². The van der Waals surface area contributed by atoms with E-state index in [4.69, 9.17) is 17.0 Å². The molecule has 1 saturated carbocycles. The van der Waals surface area contributed by atoms with Gasteiger partial charge in [0.05, 0.1) is 16.3 Å². The Morgan fingerprint density at radius 3 is 2.57 bits per heavy atom. The molecule has 0 radical (unpaired) electrons. The van der Waals surface area contributed by atoms with Gasteiger partial charge in [0.1, 0.15) is 17.9 Å². The van der Waals surface area contributed by atoms with E-state index in [9.17, 15) is 31.5 Å². The third kappa shape index (κ3) is 7.44. The van der Waals surface area contributed by atoms with Crippen molar-refractivity contribution in [3.63, 3.8) is 0 Å². The van der Waals surface area contributed by atoms with Gasteiger partial charge in [-0.2, -0.15) is 32.5 Å². The van der Waals surface area contributed by atoms with Gasteiger partial charge in [-0.25, -0.2) is 9.67 Å². The van der Waals surface area contributed by atoms with Crippen molar-refractivity contribution in [2.75, 3.05) is 5.32 Å². The van der Waals surface area contributed by atoms with Gasteiger partial charge < -0.3 is 10.6 Å². The second-order valence-electron chi connectivity index (χ2n) is 9.96. The number of aromatic nitrogens is 3. The largest absolute Gasteiger partial charge is 0.461 e. The molecule has 0 bridgehead atoms. The number of rotatable bonds is 10. The minimum atomic E-state index is -6.00. The van der Waals surface area contributed by atoms with Crippen LogP contribution in [0.1, 0.15) is 51.9 Å². The monoisotopic (exact) mass is 704 g/mol. The average molecular weight is 706 g/mol. The maximum atomic E-state index is 13.7. The molecule has 2 aromatic heterocycles. The summed E-state index contributed by atoms with van der Waals surface area (Å²) in [4.78, 5) is 31.0. The van der Waals surface area contributed by atoms with E-state index in [1.807, 2.05) is 6.92 Å². The Morgan fingerprint density at radius 2 is 1.93 bits per heavy atom. The third-order valence-electron chi connectivity index (χ3n) is 6.60. The summed E-state index contributed by atoms with van der Waals surface area (Å²) in [6.45, 7) is 3.34. The number of amidine groups is 1. The van der Waals surface area contributed by atoms with E-state index < -0.39 is 23.8 Å². The van der Waals surface area contributed by atoms with Crippen LogP contribution in [0.15, 0.2) is 51.3 Å². The van der Waals surface area contributed by atoms with E-state index in [0.717, 1.165) is 22.9 Å². The number of alkyl halides is 5. The molecule has 2 heterocycles. The third-order valence-corrected chi connectivity index (χ3v) is 7.35. The number of pyridine rings is 1. The standard InChI is InChI=1S/C26H24BrClF5N9O2/c1-12-8-15(27)9-17(22(43)37-13(2)14-5-6-14)20(12)38-23(44)19-10-16(40-42(19)21-18(28)4-3-7-35-21)11-36-41-39-24(34)25(29,30)26(31,32)33/h3-4,7-10,13-14H,5-6,11H2,1-2H3,(H,37,43)(H,38,44)(H2,34,36,39)/p+1. The van der Waals surface area contributed by atoms with Crippen LogP contribution in [-0.2, 0) is 6.54 Å². The Balaban J connectivity index is 1.61. The van der Waals surface area contributed by atoms with Gasteiger partial charge in [-0.3, -0.25) is 15.0 Å². The Labute approximate surface area is 260 Å². The van der Waals surface area contributed by atoms with Crippen molar-refractivity contribution in [3.05, 3.63) is 68.5 Å². The van der Waals surface area contributed by atoms with Gasteiger partial charge in [-0.15, -0.1) is 0 Å². The molecule has 0 aliphatic heterocycles. The quantitative estimate of drug-likeness (QED) is 0.0559. The van der Waals surface area contributed by atoms with Crippen LogP contribution in [0.25, 0.3) is 5.82 Å². The number of benzene rings is 1. The zero-order chi connectivity index (χ0) is 32.4. The highest BCUT2D eigenvalue weighted by Gasteiger charge is 2.61. The van der Waals surface area contributed by atoms with E-state index in [0.29, 0.717) is 16.0 Å². The molecule has 11 nitrogen and oxygen atoms in total. The molecule has 1 aliphatic carbocycles. The molecule has 1 atom stereocenters. The fraction of sp³-hybridized carbons (Fsp3) is 0.346. The fourth-order valence-corrected chi connectivity index (χ4v) is 4.85. The number of halogens is 7. The van der Waals surface area contributed by atoms with Gasteiger partial charge in [0.15, 0.2) is 5.82 Å². The van der Waals surface area contributed by atoms with Crippen molar-refractivity contribution >= 4 is 50.9 Å². The molecule has 1 fully saturated rings. The first-order valence-corrected chi connectivity index (χ1v) is 14.2. The zero-order valence-electron chi connectivity index (χ0n) is 23.0. The van der Waals surface area contributed by atoms with Gasteiger partial charge in [-0.05, 0) is 68.5 Å². The minimum absolute atomic E-state index is 0.0579. The average Bonchev–Trinajstić information content (AvgIpc) is 3.71. The van der Waals surface area contributed by atoms with Crippen molar-refractivity contribution in [1.82, 2.24) is 20.1 Å². The smallest absolute Gasteiger partial charge is 0.349 e. The number of nitrogens with zero attached hydrogens (tertiary/aromatic N) is 5. The SMILES string of the molecule is Cc1cc(Br)cc(C(=O)NC(C)C2CC2)c1NC(=O)c1cc(C[NH2+]N=NC(=N)C(F)(F)C(F)(F)F)nn1-c1ncccc1Cl. The van der Waals surface area contributed by atoms with Gasteiger partial charge in [0.2, 0.25) is 5.84 Å². The Kier molecular flexibility index (Phi) is 9.80. The first-order chi connectivity index (χ1) is 20.6. The van der Waals surface area contributed by atoms with Gasteiger partial charge in [0, 0.05) is 21.9 Å². The lowest BCUT2D eigenvalue weighted by atomic mass is 10.1. The molecule has 18 heteroatoms. The van der Waals surface area contributed by atoms with Crippen LogP contribution in [0, 0.1) is 18.3 Å². The molecule has 2 amide bonds. The zero-order valence-corrected chi connectivity index (χ0v) is 25.4. The van der Waals surface area contributed by atoms with Gasteiger partial charge in [-0.1, -0.05) is 32.6 Å². The molecule has 0 spiro atoms. The van der Waals surface area contributed by atoms with E-state index in [-0.39, 0.29) is 52.0 Å². The summed E-state index contributed by atoms with van der Waals surface area (Å²) in [6, 6.07) is 7.59. The van der Waals surface area contributed by atoms with E-state index in [1.165, 1.54) is 18.3 Å². The molecule has 4 rings (SSSR count). The Hall–Kier alpha value is -3.83. The summed E-state index contributed by atoms with van der Waals surface area (Å²) in [7, 11) is 0. The van der Waals surface area contributed by atoms with E-state index in [2.05, 4.69) is 47.0 Å². The van der Waals surface area contributed by atoms with Crippen LogP contribution in [-0.4, -0.2) is 50.6 Å². The number of hydrogen-bond acceptors (Lipinski definition) is 6. The number of quaternary nitrogens is 1. The molecule has 1 unspecified atom stereocenters. The molecule has 1 aromatic carbocycles. The molecule has 5 N–H and O–H groups in total. The topological polar surface area (TPSA) is 154 Å². The Bertz CT molecular complexity index is 1630. The summed E-state index contributed by atoms with van der Waals surface area (Å²) >= 11 is 9.68. The summed E-state index contributed by atoms with van der Waals surface area (Å²) in [5.41, 5.74) is 1.89. The van der Waals surface area contributed by atoms with Crippen LogP contribution in [0.2, 0.25) is 5.02 Å². The van der Waals surface area contributed by atoms with Crippen LogP contribution in [0.4, 0.5) is 27.6 Å². The number of nitrogens with two attached hydrogens (primary N) is 1. The number of anilines is 1. The first kappa shape index (κ1) is 33.1. The summed E-state index contributed by atoms with van der Waals surface area (Å²) in [5, 5.41) is 22.8. The number of amides is 2. The lowest BCUT2D eigenvalue weighted by molar-refractivity contribution is -0.684. The molecular formula is C26H25BrClF5N9O2+. The van der Waals surface area contributed by atoms with Crippen molar-refractivity contribution in [1.29, 1.82) is 5.41 Å². The molecular weight excluding hydrogens is 681 g/mol. The van der Waals surface area contributed by atoms with Gasteiger partial charge in [0.25, 0.3) is 11.8 Å². The minimum Gasteiger partial charge on any atom is -0.349 e. The highest BCUT2D eigenvalue weighted by atomic mass is 79.9. The molecule has 1 aliphatic rings. The molecule has 3 aromatic rings. The van der Waals surface area contributed by atoms with Crippen molar-refractivity contribution in [2.24, 2.45) is 16.3 Å². The van der Waals surface area contributed by atoms with Crippen molar-refractivity contribution < 1.29 is 37.0 Å². The lowest BCUT2D eigenvalue weighted by Crippen LogP contribution is -2.76. The fourth-order valence-electron chi connectivity index (χ4n) is 4.08. The van der Waals surface area contributed by atoms with E-state index >= 15 is 0 Å². The number of aryl methyl sites for hydroxylation is 1. The van der Waals surface area contributed by atoms with Crippen LogP contribution >= 0.6 is 27.5 Å². The van der Waals surface area contributed by atoms with Crippen LogP contribution in [0.3, 0.4) is 0 Å².